The second-order valence-electron chi connectivity index (χ2n) is 7.00. The van der Waals surface area contributed by atoms with Gasteiger partial charge in [-0.15, -0.1) is 0 Å². The molecule has 2 N–H and O–H groups in total. The van der Waals surface area contributed by atoms with E-state index in [0.717, 1.165) is 11.1 Å². The topological polar surface area (TPSA) is 93.1 Å². The third kappa shape index (κ3) is 5.31. The minimum absolute atomic E-state index is 0.0132. The molecule has 0 aliphatic carbocycles. The maximum absolute atomic E-state index is 14.1. The molecular formula is C19H24FN5O2S2. The summed E-state index contributed by atoms with van der Waals surface area (Å²) >= 11 is 2.68. The van der Waals surface area contributed by atoms with Gasteiger partial charge >= 0.3 is 0 Å². The number of halogens is 1. The van der Waals surface area contributed by atoms with Crippen LogP contribution in [0.1, 0.15) is 38.0 Å². The number of thioether (sulfide) groups is 1. The average Bonchev–Trinajstić information content (AvgIpc) is 3.10. The van der Waals surface area contributed by atoms with Gasteiger partial charge in [0.15, 0.2) is 16.6 Å². The third-order valence-corrected chi connectivity index (χ3v) is 6.24. The van der Waals surface area contributed by atoms with Crippen molar-refractivity contribution in [2.75, 3.05) is 19.0 Å². The molecule has 0 aromatic carbocycles. The first-order valence-electron chi connectivity index (χ1n) is 9.27. The maximum Gasteiger partial charge on any atom is 0.275 e. The Hall–Kier alpha value is -2.04. The highest BCUT2D eigenvalue weighted by Gasteiger charge is 2.20. The predicted molar refractivity (Wildman–Crippen MR) is 114 cm³/mol. The van der Waals surface area contributed by atoms with E-state index >= 15 is 0 Å². The maximum atomic E-state index is 14.1. The van der Waals surface area contributed by atoms with Gasteiger partial charge in [0, 0.05) is 17.0 Å². The minimum Gasteiger partial charge on any atom is -0.473 e. The molecule has 3 heterocycles. The molecule has 0 saturated carbocycles. The van der Waals surface area contributed by atoms with Crippen LogP contribution in [0.4, 0.5) is 10.2 Å². The molecule has 0 saturated heterocycles. The van der Waals surface area contributed by atoms with Crippen molar-refractivity contribution in [3.8, 4) is 5.19 Å². The lowest BCUT2D eigenvalue weighted by molar-refractivity contribution is 0.259. The Kier molecular flexibility index (Phi) is 7.20. The van der Waals surface area contributed by atoms with Gasteiger partial charge in [-0.2, -0.15) is 4.98 Å². The Morgan fingerprint density at radius 3 is 2.72 bits per heavy atom. The first kappa shape index (κ1) is 21.7. The number of aromatic nitrogens is 4. The zero-order chi connectivity index (χ0) is 21.0. The number of nitrogens with zero attached hydrogens (tertiary/aromatic N) is 4. The standard InChI is InChI=1S/C19H24FN5O2S2/c1-10(2)7-12(9-26)22-16-15-17(25-19(27-4)29-15)24-18(23-16)28-11(3)13-5-6-21-8-14(13)20/h5-6,8,10-12,26H,7,9H2,1-4H3,(H,22,23,24)/t11?,12-/m1/s1. The molecule has 0 bridgehead atoms. The Morgan fingerprint density at radius 1 is 1.28 bits per heavy atom. The summed E-state index contributed by atoms with van der Waals surface area (Å²) in [5.74, 6) is 0.649. The molecule has 0 fully saturated rings. The van der Waals surface area contributed by atoms with Crippen LogP contribution in [0.5, 0.6) is 5.19 Å². The molecule has 0 radical (unpaired) electrons. The first-order valence-corrected chi connectivity index (χ1v) is 11.0. The van der Waals surface area contributed by atoms with Crippen molar-refractivity contribution < 1.29 is 14.2 Å². The zero-order valence-corrected chi connectivity index (χ0v) is 18.4. The predicted octanol–water partition coefficient (Wildman–Crippen LogP) is 4.30. The molecule has 0 spiro atoms. The van der Waals surface area contributed by atoms with E-state index in [1.807, 2.05) is 6.92 Å². The van der Waals surface area contributed by atoms with Gasteiger partial charge in [0.1, 0.15) is 10.5 Å². The van der Waals surface area contributed by atoms with Gasteiger partial charge < -0.3 is 15.2 Å². The molecular weight excluding hydrogens is 413 g/mol. The number of nitrogens with one attached hydrogen (secondary N) is 1. The second-order valence-corrected chi connectivity index (χ2v) is 9.27. The fourth-order valence-corrected chi connectivity index (χ4v) is 4.59. The van der Waals surface area contributed by atoms with E-state index in [2.05, 4.69) is 39.1 Å². The molecule has 0 amide bonds. The summed E-state index contributed by atoms with van der Waals surface area (Å²) in [5, 5.41) is 13.8. The van der Waals surface area contributed by atoms with Crippen molar-refractivity contribution in [1.29, 1.82) is 0 Å². The molecule has 156 valence electrons. The Morgan fingerprint density at radius 2 is 2.07 bits per heavy atom. The lowest BCUT2D eigenvalue weighted by Gasteiger charge is -2.19. The van der Waals surface area contributed by atoms with Crippen LogP contribution in [0.3, 0.4) is 0 Å². The normalized spacial score (nSPS) is 13.6. The molecule has 3 rings (SSSR count). The van der Waals surface area contributed by atoms with E-state index in [4.69, 9.17) is 4.74 Å². The number of methoxy groups -OCH3 is 1. The minimum atomic E-state index is -0.362. The number of ether oxygens (including phenoxy) is 1. The number of aliphatic hydroxyl groups is 1. The molecule has 1 unspecified atom stereocenters. The summed E-state index contributed by atoms with van der Waals surface area (Å²) in [6, 6.07) is 1.51. The summed E-state index contributed by atoms with van der Waals surface area (Å²) in [4.78, 5) is 17.4. The van der Waals surface area contributed by atoms with Crippen molar-refractivity contribution in [2.24, 2.45) is 5.92 Å². The van der Waals surface area contributed by atoms with E-state index in [0.29, 0.717) is 33.3 Å². The summed E-state index contributed by atoms with van der Waals surface area (Å²) in [7, 11) is 1.55. The highest BCUT2D eigenvalue weighted by molar-refractivity contribution is 7.99. The molecule has 3 aromatic heterocycles. The lowest BCUT2D eigenvalue weighted by Crippen LogP contribution is -2.26. The zero-order valence-electron chi connectivity index (χ0n) is 16.7. The highest BCUT2D eigenvalue weighted by Crippen LogP contribution is 2.38. The molecule has 0 aliphatic heterocycles. The van der Waals surface area contributed by atoms with Crippen molar-refractivity contribution >= 4 is 39.3 Å². The van der Waals surface area contributed by atoms with E-state index in [-0.39, 0.29) is 23.7 Å². The third-order valence-electron chi connectivity index (χ3n) is 4.23. The van der Waals surface area contributed by atoms with Gasteiger partial charge in [0.2, 0.25) is 0 Å². The van der Waals surface area contributed by atoms with Gasteiger partial charge in [-0.1, -0.05) is 36.9 Å². The van der Waals surface area contributed by atoms with Crippen LogP contribution >= 0.6 is 23.1 Å². The molecule has 0 aliphatic rings. The first-order chi connectivity index (χ1) is 13.9. The molecule has 10 heteroatoms. The lowest BCUT2D eigenvalue weighted by atomic mass is 10.0. The number of aliphatic hydroxyl groups excluding tert-OH is 1. The van der Waals surface area contributed by atoms with Crippen LogP contribution in [0.25, 0.3) is 10.3 Å². The number of rotatable bonds is 9. The van der Waals surface area contributed by atoms with Crippen LogP contribution in [0, 0.1) is 11.7 Å². The van der Waals surface area contributed by atoms with Gasteiger partial charge in [0.25, 0.3) is 5.19 Å². The number of fused-ring (bicyclic) bond motifs is 1. The SMILES string of the molecule is COc1nc2nc(SC(C)c3ccncc3F)nc(N[C@@H](CO)CC(C)C)c2s1. The smallest absolute Gasteiger partial charge is 0.275 e. The fraction of sp³-hybridized carbons (Fsp3) is 0.474. The van der Waals surface area contributed by atoms with Crippen molar-refractivity contribution in [2.45, 2.75) is 43.6 Å². The fourth-order valence-electron chi connectivity index (χ4n) is 2.90. The summed E-state index contributed by atoms with van der Waals surface area (Å²) in [5.41, 5.74) is 1.04. The Bertz CT molecular complexity index is 969. The summed E-state index contributed by atoms with van der Waals surface area (Å²) in [6.45, 7) is 6.07. The van der Waals surface area contributed by atoms with Gasteiger partial charge in [-0.3, -0.25) is 4.98 Å². The molecule has 2 atom stereocenters. The molecule has 29 heavy (non-hydrogen) atoms. The van der Waals surface area contributed by atoms with Crippen molar-refractivity contribution in [3.05, 3.63) is 29.8 Å². The summed E-state index contributed by atoms with van der Waals surface area (Å²) in [6.07, 6.45) is 3.56. The van der Waals surface area contributed by atoms with Crippen LogP contribution in [0.2, 0.25) is 0 Å². The van der Waals surface area contributed by atoms with Crippen LogP contribution in [0.15, 0.2) is 23.6 Å². The van der Waals surface area contributed by atoms with Crippen LogP contribution in [-0.4, -0.2) is 44.8 Å². The van der Waals surface area contributed by atoms with E-state index < -0.39 is 0 Å². The number of hydrogen-bond donors (Lipinski definition) is 2. The van der Waals surface area contributed by atoms with E-state index in [1.165, 1.54) is 29.3 Å². The number of thiazole rings is 1. The average molecular weight is 438 g/mol. The van der Waals surface area contributed by atoms with Gasteiger partial charge in [-0.25, -0.2) is 14.4 Å². The van der Waals surface area contributed by atoms with Crippen LogP contribution < -0.4 is 10.1 Å². The van der Waals surface area contributed by atoms with Gasteiger partial charge in [-0.05, 0) is 25.3 Å². The van der Waals surface area contributed by atoms with Gasteiger partial charge in [0.05, 0.1) is 26.0 Å². The highest BCUT2D eigenvalue weighted by atomic mass is 32.2. The Labute approximate surface area is 177 Å². The summed E-state index contributed by atoms with van der Waals surface area (Å²) < 4.78 is 20.1. The van der Waals surface area contributed by atoms with E-state index in [1.54, 1.807) is 19.4 Å². The van der Waals surface area contributed by atoms with E-state index in [9.17, 15) is 9.50 Å². The number of hydrogen-bond acceptors (Lipinski definition) is 9. The monoisotopic (exact) mass is 437 g/mol. The Balaban J connectivity index is 1.94. The van der Waals surface area contributed by atoms with Crippen molar-refractivity contribution in [3.63, 3.8) is 0 Å². The second kappa shape index (κ2) is 9.64. The quantitative estimate of drug-likeness (QED) is 0.378. The number of pyridine rings is 1. The number of anilines is 1. The largest absolute Gasteiger partial charge is 0.473 e. The molecule has 7 nitrogen and oxygen atoms in total. The van der Waals surface area contributed by atoms with Crippen molar-refractivity contribution in [1.82, 2.24) is 19.9 Å². The van der Waals surface area contributed by atoms with Crippen LogP contribution in [-0.2, 0) is 0 Å². The molecule has 3 aromatic rings.